The number of hydrogen-bond donors (Lipinski definition) is 1. The second-order valence-electron chi connectivity index (χ2n) is 7.21. The van der Waals surface area contributed by atoms with E-state index in [-0.39, 0.29) is 11.0 Å². The van der Waals surface area contributed by atoms with Gasteiger partial charge in [-0.25, -0.2) is 0 Å². The third-order valence-corrected chi connectivity index (χ3v) is 3.94. The molecule has 19 heavy (non-hydrogen) atoms. The Morgan fingerprint density at radius 1 is 0.947 bits per heavy atom. The van der Waals surface area contributed by atoms with Gasteiger partial charge < -0.3 is 10.2 Å². The zero-order chi connectivity index (χ0) is 14.8. The maximum Gasteiger partial charge on any atom is 0.0519 e. The fourth-order valence-electron chi connectivity index (χ4n) is 2.66. The Kier molecular flexibility index (Phi) is 4.81. The van der Waals surface area contributed by atoms with Gasteiger partial charge in [-0.05, 0) is 51.5 Å². The fraction of sp³-hybridized carbons (Fsp3) is 0.647. The summed E-state index contributed by atoms with van der Waals surface area (Å²) in [6.07, 6.45) is 0. The van der Waals surface area contributed by atoms with E-state index in [0.717, 1.165) is 0 Å². The molecule has 1 N–H and O–H groups in total. The molecule has 0 aliphatic heterocycles. The van der Waals surface area contributed by atoms with Gasteiger partial charge in [-0.15, -0.1) is 0 Å². The van der Waals surface area contributed by atoms with E-state index in [4.69, 9.17) is 0 Å². The first-order chi connectivity index (χ1) is 8.59. The van der Waals surface area contributed by atoms with Gasteiger partial charge in [0.05, 0.1) is 6.04 Å². The molecule has 0 saturated heterocycles. The molecule has 0 aliphatic rings. The summed E-state index contributed by atoms with van der Waals surface area (Å²) in [4.78, 5) is 2.28. The summed E-state index contributed by atoms with van der Waals surface area (Å²) in [7, 11) is 6.31. The molecule has 0 aliphatic carbocycles. The van der Waals surface area contributed by atoms with E-state index < -0.39 is 0 Å². The van der Waals surface area contributed by atoms with Gasteiger partial charge in [-0.3, -0.25) is 0 Å². The Bertz CT molecular complexity index is 396. The summed E-state index contributed by atoms with van der Waals surface area (Å²) >= 11 is 0. The van der Waals surface area contributed by atoms with Crippen LogP contribution in [0.15, 0.2) is 24.3 Å². The lowest BCUT2D eigenvalue weighted by Gasteiger charge is -2.39. The van der Waals surface area contributed by atoms with Crippen molar-refractivity contribution in [3.63, 3.8) is 0 Å². The van der Waals surface area contributed by atoms with Crippen molar-refractivity contribution < 1.29 is 0 Å². The van der Waals surface area contributed by atoms with E-state index in [2.05, 4.69) is 83.2 Å². The highest BCUT2D eigenvalue weighted by molar-refractivity contribution is 5.30. The van der Waals surface area contributed by atoms with Crippen LogP contribution in [0, 0.1) is 0 Å². The minimum atomic E-state index is 0.0345. The Balaban J connectivity index is 3.13. The Morgan fingerprint density at radius 2 is 1.42 bits per heavy atom. The molecule has 0 amide bonds. The average molecular weight is 262 g/mol. The van der Waals surface area contributed by atoms with Crippen molar-refractivity contribution in [2.75, 3.05) is 21.1 Å². The van der Waals surface area contributed by atoms with Gasteiger partial charge >= 0.3 is 0 Å². The lowest BCUT2D eigenvalue weighted by molar-refractivity contribution is 0.177. The molecule has 1 unspecified atom stereocenters. The number of hydrogen-bond acceptors (Lipinski definition) is 2. The number of benzene rings is 1. The quantitative estimate of drug-likeness (QED) is 0.892. The summed E-state index contributed by atoms with van der Waals surface area (Å²) < 4.78 is 0. The van der Waals surface area contributed by atoms with E-state index in [9.17, 15) is 0 Å². The minimum Gasteiger partial charge on any atom is -0.313 e. The molecule has 2 heteroatoms. The van der Waals surface area contributed by atoms with Crippen LogP contribution in [0.1, 0.15) is 51.8 Å². The second kappa shape index (κ2) is 5.64. The zero-order valence-electron chi connectivity index (χ0n) is 13.8. The van der Waals surface area contributed by atoms with E-state index in [1.165, 1.54) is 11.1 Å². The van der Waals surface area contributed by atoms with Gasteiger partial charge in [-0.2, -0.15) is 0 Å². The van der Waals surface area contributed by atoms with Crippen molar-refractivity contribution in [3.05, 3.63) is 35.4 Å². The lowest BCUT2D eigenvalue weighted by atomic mass is 9.83. The van der Waals surface area contributed by atoms with E-state index >= 15 is 0 Å². The molecular formula is C17H30N2. The third-order valence-electron chi connectivity index (χ3n) is 3.94. The highest BCUT2D eigenvalue weighted by atomic mass is 15.2. The Morgan fingerprint density at radius 3 is 1.74 bits per heavy atom. The average Bonchev–Trinajstić information content (AvgIpc) is 2.27. The number of likely N-dealkylation sites (N-methyl/N-ethyl adjacent to an activating group) is 2. The first kappa shape index (κ1) is 16.2. The summed E-state index contributed by atoms with van der Waals surface area (Å²) in [6, 6.07) is 9.41. The topological polar surface area (TPSA) is 15.3 Å². The molecule has 0 bridgehead atoms. The second-order valence-corrected chi connectivity index (χ2v) is 7.21. The predicted octanol–water partition coefficient (Wildman–Crippen LogP) is 3.58. The summed E-state index contributed by atoms with van der Waals surface area (Å²) in [5, 5.41) is 3.42. The smallest absolute Gasteiger partial charge is 0.0519 e. The van der Waals surface area contributed by atoms with Crippen LogP contribution < -0.4 is 5.32 Å². The maximum atomic E-state index is 3.42. The number of nitrogens with one attached hydrogen (secondary N) is 1. The first-order valence-corrected chi connectivity index (χ1v) is 7.05. The van der Waals surface area contributed by atoms with Gasteiger partial charge in [0.1, 0.15) is 0 Å². The van der Waals surface area contributed by atoms with Gasteiger partial charge in [0.25, 0.3) is 0 Å². The van der Waals surface area contributed by atoms with Crippen molar-refractivity contribution in [3.8, 4) is 0 Å². The van der Waals surface area contributed by atoms with Crippen LogP contribution in [0.2, 0.25) is 0 Å². The molecule has 1 aromatic carbocycles. The van der Waals surface area contributed by atoms with Crippen LogP contribution >= 0.6 is 0 Å². The summed E-state index contributed by atoms with van der Waals surface area (Å²) in [5.41, 5.74) is 2.99. The molecule has 108 valence electrons. The summed E-state index contributed by atoms with van der Waals surface area (Å²) in [6.45, 7) is 11.2. The molecule has 0 saturated carbocycles. The highest BCUT2D eigenvalue weighted by Gasteiger charge is 2.31. The SMILES string of the molecule is CNC(C)(C)C(c1ccc(C(C)(C)C)cc1)N(C)C. The van der Waals surface area contributed by atoms with Crippen molar-refractivity contribution >= 4 is 0 Å². The van der Waals surface area contributed by atoms with Crippen LogP contribution in [-0.4, -0.2) is 31.6 Å². The maximum absolute atomic E-state index is 3.42. The molecule has 2 nitrogen and oxygen atoms in total. The van der Waals surface area contributed by atoms with Crippen molar-refractivity contribution in [1.29, 1.82) is 0 Å². The van der Waals surface area contributed by atoms with Crippen LogP contribution in [-0.2, 0) is 5.41 Å². The molecular weight excluding hydrogens is 232 g/mol. The molecule has 1 atom stereocenters. The van der Waals surface area contributed by atoms with Crippen molar-refractivity contribution in [2.45, 2.75) is 51.6 Å². The van der Waals surface area contributed by atoms with Crippen LogP contribution in [0.25, 0.3) is 0 Å². The highest BCUT2D eigenvalue weighted by Crippen LogP contribution is 2.31. The summed E-state index contributed by atoms with van der Waals surface area (Å²) in [5.74, 6) is 0. The van der Waals surface area contributed by atoms with Gasteiger partial charge in [0.15, 0.2) is 0 Å². The molecule has 0 spiro atoms. The number of rotatable bonds is 4. The molecule has 1 aromatic rings. The molecule has 0 fully saturated rings. The van der Waals surface area contributed by atoms with Gasteiger partial charge in [0, 0.05) is 5.54 Å². The van der Waals surface area contributed by atoms with E-state index in [0.29, 0.717) is 6.04 Å². The Hall–Kier alpha value is -0.860. The monoisotopic (exact) mass is 262 g/mol. The van der Waals surface area contributed by atoms with E-state index in [1.54, 1.807) is 0 Å². The van der Waals surface area contributed by atoms with Crippen molar-refractivity contribution in [1.82, 2.24) is 10.2 Å². The van der Waals surface area contributed by atoms with Gasteiger partial charge in [-0.1, -0.05) is 45.0 Å². The van der Waals surface area contributed by atoms with Crippen molar-refractivity contribution in [2.24, 2.45) is 0 Å². The van der Waals surface area contributed by atoms with Gasteiger partial charge in [0.2, 0.25) is 0 Å². The Labute approximate surface area is 119 Å². The molecule has 1 rings (SSSR count). The van der Waals surface area contributed by atoms with Crippen LogP contribution in [0.3, 0.4) is 0 Å². The molecule has 0 aromatic heterocycles. The van der Waals surface area contributed by atoms with Crippen LogP contribution in [0.5, 0.6) is 0 Å². The number of nitrogens with zero attached hydrogens (tertiary/aromatic N) is 1. The largest absolute Gasteiger partial charge is 0.313 e. The zero-order valence-corrected chi connectivity index (χ0v) is 13.8. The van der Waals surface area contributed by atoms with E-state index in [1.807, 2.05) is 7.05 Å². The normalized spacial score (nSPS) is 14.8. The standard InChI is InChI=1S/C17H30N2/c1-16(2,3)14-11-9-13(10-12-14)15(19(7)8)17(4,5)18-6/h9-12,15,18H,1-8H3. The minimum absolute atomic E-state index is 0.0345. The molecule has 0 heterocycles. The van der Waals surface area contributed by atoms with Crippen LogP contribution in [0.4, 0.5) is 0 Å². The third kappa shape index (κ3) is 3.80. The predicted molar refractivity (Wildman–Crippen MR) is 84.7 cm³/mol. The molecule has 0 radical (unpaired) electrons. The fourth-order valence-corrected chi connectivity index (χ4v) is 2.66. The lowest BCUT2D eigenvalue weighted by Crippen LogP contribution is -2.48. The first-order valence-electron chi connectivity index (χ1n) is 7.05.